The van der Waals surface area contributed by atoms with Gasteiger partial charge >= 0.3 is 5.56 Å². The lowest BCUT2D eigenvalue weighted by atomic mass is 10.3. The molecule has 3 rings (SSSR count). The number of aromatic nitrogens is 4. The molecule has 2 heterocycles. The van der Waals surface area contributed by atoms with E-state index in [0.29, 0.717) is 5.65 Å². The van der Waals surface area contributed by atoms with Crippen LogP contribution in [0, 0.1) is 0 Å². The summed E-state index contributed by atoms with van der Waals surface area (Å²) < 4.78 is 1.67. The van der Waals surface area contributed by atoms with Crippen molar-refractivity contribution in [2.24, 2.45) is 0 Å². The van der Waals surface area contributed by atoms with E-state index in [1.54, 1.807) is 10.7 Å². The molecule has 0 aliphatic carbocycles. The van der Waals surface area contributed by atoms with Gasteiger partial charge in [-0.2, -0.15) is 5.10 Å². The van der Waals surface area contributed by atoms with Gasteiger partial charge in [-0.3, -0.25) is 9.20 Å². The number of fused-ring (bicyclic) bond motifs is 3. The minimum absolute atomic E-state index is 0.274. The topological polar surface area (TPSA) is 63.0 Å². The van der Waals surface area contributed by atoms with Crippen molar-refractivity contribution in [2.75, 3.05) is 0 Å². The highest BCUT2D eigenvalue weighted by Crippen LogP contribution is 2.12. The molecule has 0 saturated carbocycles. The van der Waals surface area contributed by atoms with Crippen LogP contribution in [0.5, 0.6) is 0 Å². The molecule has 0 spiro atoms. The number of imidazole rings is 1. The molecule has 5 nitrogen and oxygen atoms in total. The van der Waals surface area contributed by atoms with E-state index in [-0.39, 0.29) is 5.56 Å². The summed E-state index contributed by atoms with van der Waals surface area (Å²) in [5.41, 5.74) is 1.79. The lowest BCUT2D eigenvalue weighted by molar-refractivity contribution is 0.923. The fourth-order valence-corrected chi connectivity index (χ4v) is 1.52. The molecule has 0 unspecified atom stereocenters. The second-order valence-corrected chi connectivity index (χ2v) is 2.98. The molecule has 68 valence electrons. The predicted molar refractivity (Wildman–Crippen MR) is 51.1 cm³/mol. The predicted octanol–water partition coefficient (Wildman–Crippen LogP) is 0.571. The van der Waals surface area contributed by atoms with Gasteiger partial charge in [0.25, 0.3) is 0 Å². The Kier molecular flexibility index (Phi) is 1.25. The van der Waals surface area contributed by atoms with Crippen molar-refractivity contribution >= 4 is 16.7 Å². The van der Waals surface area contributed by atoms with Crippen molar-refractivity contribution in [3.8, 4) is 0 Å². The smallest absolute Gasteiger partial charge is 0.277 e. The van der Waals surface area contributed by atoms with Crippen LogP contribution in [0.15, 0.2) is 35.4 Å². The number of nitrogens with zero attached hydrogens (tertiary/aromatic N) is 3. The minimum atomic E-state index is -0.274. The molecule has 1 N–H and O–H groups in total. The molecule has 3 aromatic rings. The third kappa shape index (κ3) is 0.806. The normalized spacial score (nSPS) is 11.1. The van der Waals surface area contributed by atoms with Crippen LogP contribution in [0.25, 0.3) is 16.7 Å². The molecule has 14 heavy (non-hydrogen) atoms. The summed E-state index contributed by atoms with van der Waals surface area (Å²) in [6.45, 7) is 0. The summed E-state index contributed by atoms with van der Waals surface area (Å²) >= 11 is 0. The number of aromatic amines is 1. The second kappa shape index (κ2) is 2.41. The highest BCUT2D eigenvalue weighted by atomic mass is 16.1. The zero-order valence-corrected chi connectivity index (χ0v) is 7.14. The molecule has 2 aromatic heterocycles. The summed E-state index contributed by atoms with van der Waals surface area (Å²) in [6, 6.07) is 7.55. The van der Waals surface area contributed by atoms with Crippen molar-refractivity contribution in [3.63, 3.8) is 0 Å². The van der Waals surface area contributed by atoms with Crippen LogP contribution in [0.3, 0.4) is 0 Å². The van der Waals surface area contributed by atoms with E-state index in [1.807, 2.05) is 24.3 Å². The Morgan fingerprint density at radius 3 is 3.07 bits per heavy atom. The average Bonchev–Trinajstić information content (AvgIpc) is 2.59. The Labute approximate surface area is 78.0 Å². The van der Waals surface area contributed by atoms with E-state index in [1.165, 1.54) is 0 Å². The van der Waals surface area contributed by atoms with Crippen molar-refractivity contribution in [1.29, 1.82) is 0 Å². The van der Waals surface area contributed by atoms with Gasteiger partial charge in [0.1, 0.15) is 6.33 Å². The first-order valence-corrected chi connectivity index (χ1v) is 4.17. The van der Waals surface area contributed by atoms with Crippen molar-refractivity contribution < 1.29 is 0 Å². The molecule has 0 aliphatic heterocycles. The number of H-pyrrole nitrogens is 1. The monoisotopic (exact) mass is 186 g/mol. The Morgan fingerprint density at radius 2 is 2.14 bits per heavy atom. The summed E-state index contributed by atoms with van der Waals surface area (Å²) in [4.78, 5) is 15.5. The lowest BCUT2D eigenvalue weighted by Gasteiger charge is -1.90. The van der Waals surface area contributed by atoms with Crippen LogP contribution in [0.1, 0.15) is 0 Å². The van der Waals surface area contributed by atoms with E-state index in [0.717, 1.165) is 11.0 Å². The minimum Gasteiger partial charge on any atom is -0.277 e. The van der Waals surface area contributed by atoms with E-state index >= 15 is 0 Å². The lowest BCUT2D eigenvalue weighted by Crippen LogP contribution is -2.11. The van der Waals surface area contributed by atoms with Gasteiger partial charge in [-0.1, -0.05) is 12.1 Å². The van der Waals surface area contributed by atoms with Gasteiger partial charge < -0.3 is 0 Å². The van der Waals surface area contributed by atoms with Crippen LogP contribution in [0.4, 0.5) is 0 Å². The summed E-state index contributed by atoms with van der Waals surface area (Å²) in [6.07, 6.45) is 1.55. The molecule has 0 bridgehead atoms. The maximum absolute atomic E-state index is 11.3. The number of benzene rings is 1. The van der Waals surface area contributed by atoms with E-state index in [2.05, 4.69) is 15.2 Å². The fraction of sp³-hybridized carbons (Fsp3) is 0. The van der Waals surface area contributed by atoms with Crippen LogP contribution >= 0.6 is 0 Å². The largest absolute Gasteiger partial charge is 0.307 e. The number of para-hydroxylation sites is 2. The zero-order chi connectivity index (χ0) is 9.54. The molecule has 0 aliphatic rings. The van der Waals surface area contributed by atoms with Crippen LogP contribution in [0.2, 0.25) is 0 Å². The van der Waals surface area contributed by atoms with Crippen LogP contribution in [-0.2, 0) is 0 Å². The standard InChI is InChI=1S/C9H6N4O/c14-9-8-11-6-3-1-2-4-7(6)13(8)5-10-12-9/h1-5H,(H,12,14). The first-order chi connectivity index (χ1) is 6.86. The summed E-state index contributed by atoms with van der Waals surface area (Å²) in [7, 11) is 0. The SMILES string of the molecule is O=c1[nH]ncn2c1nc1ccccc12. The van der Waals surface area contributed by atoms with Gasteiger partial charge in [0.05, 0.1) is 11.0 Å². The maximum atomic E-state index is 11.3. The zero-order valence-electron chi connectivity index (χ0n) is 7.14. The number of nitrogens with one attached hydrogen (secondary N) is 1. The molecule has 1 aromatic carbocycles. The highest BCUT2D eigenvalue weighted by molar-refractivity contribution is 5.79. The molecule has 0 amide bonds. The third-order valence-corrected chi connectivity index (χ3v) is 2.14. The van der Waals surface area contributed by atoms with Gasteiger partial charge in [0.2, 0.25) is 5.65 Å². The molecular formula is C9H6N4O. The highest BCUT2D eigenvalue weighted by Gasteiger charge is 2.05. The van der Waals surface area contributed by atoms with Gasteiger partial charge in [-0.05, 0) is 12.1 Å². The molecule has 0 fully saturated rings. The molecule has 5 heteroatoms. The summed E-state index contributed by atoms with van der Waals surface area (Å²) in [5.74, 6) is 0. The Morgan fingerprint density at radius 1 is 1.29 bits per heavy atom. The van der Waals surface area contributed by atoms with Crippen molar-refractivity contribution in [1.82, 2.24) is 19.6 Å². The third-order valence-electron chi connectivity index (χ3n) is 2.14. The Bertz CT molecular complexity index is 667. The van der Waals surface area contributed by atoms with Gasteiger partial charge in [0, 0.05) is 0 Å². The molecule has 0 radical (unpaired) electrons. The molecular weight excluding hydrogens is 180 g/mol. The van der Waals surface area contributed by atoms with Crippen LogP contribution in [-0.4, -0.2) is 19.6 Å². The summed E-state index contributed by atoms with van der Waals surface area (Å²) in [5, 5.41) is 6.07. The quantitative estimate of drug-likeness (QED) is 0.558. The van der Waals surface area contributed by atoms with Crippen molar-refractivity contribution in [3.05, 3.63) is 40.9 Å². The maximum Gasteiger partial charge on any atom is 0.307 e. The van der Waals surface area contributed by atoms with Gasteiger partial charge in [0.15, 0.2) is 0 Å². The number of hydrogen-bond donors (Lipinski definition) is 1. The van der Waals surface area contributed by atoms with Crippen LogP contribution < -0.4 is 5.56 Å². The number of rotatable bonds is 0. The molecule has 0 saturated heterocycles. The van der Waals surface area contributed by atoms with E-state index < -0.39 is 0 Å². The van der Waals surface area contributed by atoms with Crippen molar-refractivity contribution in [2.45, 2.75) is 0 Å². The first-order valence-electron chi connectivity index (χ1n) is 4.17. The average molecular weight is 186 g/mol. The van der Waals surface area contributed by atoms with Gasteiger partial charge in [-0.15, -0.1) is 0 Å². The number of hydrogen-bond acceptors (Lipinski definition) is 3. The Balaban J connectivity index is 2.70. The second-order valence-electron chi connectivity index (χ2n) is 2.98. The van der Waals surface area contributed by atoms with E-state index in [9.17, 15) is 4.79 Å². The Hall–Kier alpha value is -2.17. The fourth-order valence-electron chi connectivity index (χ4n) is 1.52. The first kappa shape index (κ1) is 7.25. The molecule has 0 atom stereocenters. The van der Waals surface area contributed by atoms with E-state index in [4.69, 9.17) is 0 Å². The van der Waals surface area contributed by atoms with Gasteiger partial charge in [-0.25, -0.2) is 10.1 Å².